The van der Waals surface area contributed by atoms with Crippen LogP contribution in [0.3, 0.4) is 0 Å². The molecule has 0 saturated heterocycles. The molecule has 13 aromatic carbocycles. The van der Waals surface area contributed by atoms with Crippen LogP contribution in [0.2, 0.25) is 39.3 Å². The van der Waals surface area contributed by atoms with Gasteiger partial charge < -0.3 is 18.6 Å². The third kappa shape index (κ3) is 7.07. The van der Waals surface area contributed by atoms with Crippen molar-refractivity contribution in [3.05, 3.63) is 275 Å². The first-order valence-electron chi connectivity index (χ1n) is 31.2. The van der Waals surface area contributed by atoms with Crippen molar-refractivity contribution >= 4 is 137 Å². The van der Waals surface area contributed by atoms with Crippen molar-refractivity contribution in [1.82, 2.24) is 0 Å². The Morgan fingerprint density at radius 3 is 1.52 bits per heavy atom. The van der Waals surface area contributed by atoms with Crippen LogP contribution < -0.4 is 20.2 Å². The van der Waals surface area contributed by atoms with Gasteiger partial charge in [0.05, 0.1) is 38.6 Å². The standard InChI is InChI=1S/C82H64N2O2Si2/c1-48-18-15-25-63-65-27-17-29-75(80(65)85-78(48)63)83(52-31-36-55(37-32-52)87(3,4)5)54-35-41-62-69-43-51-42-50-30-40-66-64-26-16-19-49(2)79(64)86-81(66)77(50)84(53-33-38-56(39-34-53)88(6,7)8)76(51)47-74(69)82(72(62)44-54)71-28-14-13-24-61(71)70-45-67-59-22-11-9-20-57(59)58-21-10-12-23-60(58)68(67)46-73(70)82/h9-41,43-47H,42H2,1-8H3. The second-order valence-electron chi connectivity index (χ2n) is 27.2. The minimum atomic E-state index is -1.65. The fraction of sp³-hybridized carbons (Fsp3) is 0.122. The van der Waals surface area contributed by atoms with E-state index in [9.17, 15) is 0 Å². The molecule has 0 fully saturated rings. The van der Waals surface area contributed by atoms with Gasteiger partial charge in [0.1, 0.15) is 11.2 Å². The summed E-state index contributed by atoms with van der Waals surface area (Å²) in [7, 11) is -3.30. The van der Waals surface area contributed by atoms with Crippen molar-refractivity contribution in [3.63, 3.8) is 0 Å². The van der Waals surface area contributed by atoms with E-state index in [1.54, 1.807) is 0 Å². The zero-order valence-corrected chi connectivity index (χ0v) is 52.9. The van der Waals surface area contributed by atoms with Crippen LogP contribution in [0.4, 0.5) is 34.1 Å². The number of fused-ring (bicyclic) bond motifs is 25. The topological polar surface area (TPSA) is 32.8 Å². The molecular weight excluding hydrogens is 1100 g/mol. The molecule has 0 bridgehead atoms. The summed E-state index contributed by atoms with van der Waals surface area (Å²) in [6.45, 7) is 18.9. The number of hydrogen-bond donors (Lipinski definition) is 0. The molecule has 1 atom stereocenters. The summed E-state index contributed by atoms with van der Waals surface area (Å²) in [4.78, 5) is 5.04. The summed E-state index contributed by atoms with van der Waals surface area (Å²) in [5.74, 6) is 0. The van der Waals surface area contributed by atoms with Crippen LogP contribution in [0.15, 0.2) is 239 Å². The Morgan fingerprint density at radius 2 is 0.864 bits per heavy atom. The lowest BCUT2D eigenvalue weighted by atomic mass is 9.69. The normalized spacial score (nSPS) is 15.0. The summed E-state index contributed by atoms with van der Waals surface area (Å²) in [5.41, 5.74) is 24.5. The average Bonchev–Trinajstić information content (AvgIpc) is 1.41. The lowest BCUT2D eigenvalue weighted by Crippen LogP contribution is -2.37. The van der Waals surface area contributed by atoms with E-state index < -0.39 is 21.6 Å². The van der Waals surface area contributed by atoms with E-state index in [1.807, 2.05) is 0 Å². The van der Waals surface area contributed by atoms with Crippen molar-refractivity contribution < 1.29 is 8.83 Å². The molecular formula is C82H64N2O2Si2. The van der Waals surface area contributed by atoms with E-state index in [1.165, 1.54) is 104 Å². The highest BCUT2D eigenvalue weighted by Gasteiger charge is 2.53. The number of furan rings is 2. The average molecular weight is 1170 g/mol. The fourth-order valence-corrected chi connectivity index (χ4v) is 18.2. The molecule has 422 valence electrons. The lowest BCUT2D eigenvalue weighted by Gasteiger charge is -2.36. The highest BCUT2D eigenvalue weighted by Crippen LogP contribution is 2.66. The van der Waals surface area contributed by atoms with Crippen LogP contribution in [0.25, 0.3) is 98.4 Å². The molecule has 2 aliphatic carbocycles. The number of rotatable bonds is 6. The first-order valence-corrected chi connectivity index (χ1v) is 38.2. The molecule has 4 nitrogen and oxygen atoms in total. The molecule has 0 saturated carbocycles. The molecule has 1 aliphatic heterocycles. The summed E-state index contributed by atoms with van der Waals surface area (Å²) < 4.78 is 14.3. The maximum atomic E-state index is 7.20. The van der Waals surface area contributed by atoms with E-state index in [0.717, 1.165) is 89.9 Å². The molecule has 88 heavy (non-hydrogen) atoms. The number of hydrogen-bond acceptors (Lipinski definition) is 4. The van der Waals surface area contributed by atoms with Crippen LogP contribution in [0.5, 0.6) is 0 Å². The maximum Gasteiger partial charge on any atom is 0.159 e. The third-order valence-electron chi connectivity index (χ3n) is 20.2. The maximum absolute atomic E-state index is 7.20. The van der Waals surface area contributed by atoms with Crippen molar-refractivity contribution in [2.45, 2.75) is 65.0 Å². The number of para-hydroxylation sites is 3. The first-order chi connectivity index (χ1) is 42.7. The Labute approximate surface area is 514 Å². The molecule has 0 radical (unpaired) electrons. The van der Waals surface area contributed by atoms with Gasteiger partial charge in [-0.1, -0.05) is 213 Å². The molecule has 18 rings (SSSR count). The fourth-order valence-electron chi connectivity index (χ4n) is 15.9. The molecule has 15 aromatic rings. The van der Waals surface area contributed by atoms with Gasteiger partial charge in [0.15, 0.2) is 11.2 Å². The Bertz CT molecular complexity index is 5540. The van der Waals surface area contributed by atoms with Gasteiger partial charge in [-0.3, -0.25) is 0 Å². The summed E-state index contributed by atoms with van der Waals surface area (Å²) in [6, 6.07) is 88.5. The predicted octanol–water partition coefficient (Wildman–Crippen LogP) is 21.8. The van der Waals surface area contributed by atoms with Crippen LogP contribution in [-0.4, -0.2) is 16.1 Å². The zero-order valence-electron chi connectivity index (χ0n) is 50.9. The molecule has 1 spiro atoms. The second kappa shape index (κ2) is 18.2. The van der Waals surface area contributed by atoms with Crippen molar-refractivity contribution in [2.75, 3.05) is 9.80 Å². The Morgan fingerprint density at radius 1 is 0.364 bits per heavy atom. The molecule has 0 amide bonds. The minimum absolute atomic E-state index is 0.755. The van der Waals surface area contributed by atoms with Gasteiger partial charge in [-0.25, -0.2) is 0 Å². The molecule has 3 heterocycles. The van der Waals surface area contributed by atoms with Gasteiger partial charge in [0.25, 0.3) is 0 Å². The van der Waals surface area contributed by atoms with Gasteiger partial charge in [-0.15, -0.1) is 0 Å². The Hall–Kier alpha value is -9.73. The van der Waals surface area contributed by atoms with Gasteiger partial charge in [0.2, 0.25) is 0 Å². The van der Waals surface area contributed by atoms with E-state index in [2.05, 4.69) is 293 Å². The predicted molar refractivity (Wildman–Crippen MR) is 377 cm³/mol. The van der Waals surface area contributed by atoms with Crippen LogP contribution >= 0.6 is 0 Å². The van der Waals surface area contributed by atoms with Gasteiger partial charge in [-0.2, -0.15) is 0 Å². The van der Waals surface area contributed by atoms with Crippen molar-refractivity contribution in [1.29, 1.82) is 0 Å². The summed E-state index contributed by atoms with van der Waals surface area (Å²) >= 11 is 0. The number of aryl methyl sites for hydroxylation is 2. The molecule has 3 aliphatic rings. The van der Waals surface area contributed by atoms with Crippen LogP contribution in [0, 0.1) is 13.8 Å². The SMILES string of the molecule is Cc1cccc2c1oc1c(N(c3ccc([Si](C)(C)C)cc3)c3ccc4c(c3)C3(c5ccccc5-c5cc6c7ccccc7c7ccccc7c6cc53)c3cc5c(cc3-4)Cc3ccc4c(oc6c(C)cccc64)c3N5c3ccc([Si](C)(C)C)cc3)cccc12. The van der Waals surface area contributed by atoms with Crippen LogP contribution in [-0.2, 0) is 11.8 Å². The molecule has 1 unspecified atom stereocenters. The Kier molecular flexibility index (Phi) is 10.6. The van der Waals surface area contributed by atoms with E-state index in [0.29, 0.717) is 0 Å². The molecule has 2 aromatic heterocycles. The smallest absolute Gasteiger partial charge is 0.159 e. The Balaban J connectivity index is 0.958. The van der Waals surface area contributed by atoms with Gasteiger partial charge >= 0.3 is 0 Å². The molecule has 6 heteroatoms. The summed E-state index contributed by atoms with van der Waals surface area (Å²) in [5, 5.41) is 15.0. The van der Waals surface area contributed by atoms with E-state index in [4.69, 9.17) is 8.83 Å². The van der Waals surface area contributed by atoms with Crippen LogP contribution in [0.1, 0.15) is 44.5 Å². The molecule has 0 N–H and O–H groups in total. The minimum Gasteiger partial charge on any atom is -0.454 e. The van der Waals surface area contributed by atoms with Gasteiger partial charge in [0, 0.05) is 45.0 Å². The zero-order chi connectivity index (χ0) is 59.3. The quantitative estimate of drug-likeness (QED) is 0.123. The number of anilines is 6. The third-order valence-corrected chi connectivity index (χ3v) is 24.3. The van der Waals surface area contributed by atoms with Gasteiger partial charge in [-0.05, 0) is 180 Å². The van der Waals surface area contributed by atoms with E-state index >= 15 is 0 Å². The van der Waals surface area contributed by atoms with E-state index in [-0.39, 0.29) is 0 Å². The lowest BCUT2D eigenvalue weighted by molar-refractivity contribution is 0.665. The highest BCUT2D eigenvalue weighted by molar-refractivity contribution is 6.89. The highest BCUT2D eigenvalue weighted by atomic mass is 28.3. The number of benzene rings is 13. The van der Waals surface area contributed by atoms with Crippen molar-refractivity contribution in [2.24, 2.45) is 0 Å². The first kappa shape index (κ1) is 51.5. The monoisotopic (exact) mass is 1160 g/mol. The van der Waals surface area contributed by atoms with Crippen molar-refractivity contribution in [3.8, 4) is 22.3 Å². The number of nitrogens with zero attached hydrogens (tertiary/aromatic N) is 2. The second-order valence-corrected chi connectivity index (χ2v) is 37.4. The summed E-state index contributed by atoms with van der Waals surface area (Å²) in [6.07, 6.45) is 0.757. The largest absolute Gasteiger partial charge is 0.454 e.